The summed E-state index contributed by atoms with van der Waals surface area (Å²) in [6.45, 7) is 2.65. The van der Waals surface area contributed by atoms with E-state index in [-0.39, 0.29) is 51.4 Å². The van der Waals surface area contributed by atoms with Crippen LogP contribution in [0.5, 0.6) is 0 Å². The Morgan fingerprint density at radius 1 is 0.609 bits per heavy atom. The second-order valence-corrected chi connectivity index (χ2v) is 6.86. The molecule has 1 radical (unpaired) electrons. The molecule has 0 saturated carbocycles. The van der Waals surface area contributed by atoms with Crippen LogP contribution in [0.4, 0.5) is 0 Å². The summed E-state index contributed by atoms with van der Waals surface area (Å²) in [5.41, 5.74) is 0. The van der Waals surface area contributed by atoms with Gasteiger partial charge in [0.25, 0.3) is 0 Å². The van der Waals surface area contributed by atoms with Crippen molar-refractivity contribution in [1.29, 1.82) is 0 Å². The minimum atomic E-state index is -4.64. The first-order chi connectivity index (χ1) is 10.4. The smallest absolute Gasteiger partial charge is 0.396 e. The average molecular weight is 380 g/mol. The Labute approximate surface area is 185 Å². The zero-order chi connectivity index (χ0) is 17.1. The van der Waals surface area contributed by atoms with Crippen LogP contribution in [-0.4, -0.2) is 77.8 Å². The Morgan fingerprint density at radius 2 is 0.826 bits per heavy atom. The standard InChI is InChI=1S/C16H34O.K.H3O4P/c1-2-3-4-5-6-7-8-9-10-11-12-13-14-15-16-17;;1-5(2,3)4/h17H,2-16H2,1H3;;(H3,1,2,3,4). The van der Waals surface area contributed by atoms with Gasteiger partial charge in [-0.15, -0.1) is 0 Å². The van der Waals surface area contributed by atoms with Crippen LogP contribution in [0.2, 0.25) is 0 Å². The maximum Gasteiger partial charge on any atom is 0.466 e. The second-order valence-electron chi connectivity index (χ2n) is 5.83. The van der Waals surface area contributed by atoms with Crippen LogP contribution in [-0.2, 0) is 4.57 Å². The molecule has 0 rings (SSSR count). The molecule has 0 unspecified atom stereocenters. The fourth-order valence-corrected chi connectivity index (χ4v) is 2.31. The quantitative estimate of drug-likeness (QED) is 0.206. The van der Waals surface area contributed by atoms with Gasteiger partial charge in [-0.05, 0) is 6.42 Å². The third-order valence-electron chi connectivity index (χ3n) is 3.51. The minimum Gasteiger partial charge on any atom is -0.396 e. The van der Waals surface area contributed by atoms with Crippen LogP contribution in [0.15, 0.2) is 0 Å². The van der Waals surface area contributed by atoms with Gasteiger partial charge in [-0.25, -0.2) is 4.57 Å². The van der Waals surface area contributed by atoms with Crippen molar-refractivity contribution in [3.8, 4) is 0 Å². The molecule has 0 atom stereocenters. The van der Waals surface area contributed by atoms with Crippen LogP contribution >= 0.6 is 7.82 Å². The minimum absolute atomic E-state index is 0. The number of rotatable bonds is 14. The monoisotopic (exact) mass is 379 g/mol. The zero-order valence-electron chi connectivity index (χ0n) is 15.3. The molecule has 0 aromatic carbocycles. The van der Waals surface area contributed by atoms with Crippen LogP contribution in [0.1, 0.15) is 96.8 Å². The van der Waals surface area contributed by atoms with Gasteiger partial charge in [0.05, 0.1) is 0 Å². The number of unbranched alkanes of at least 4 members (excludes halogenated alkanes) is 13. The van der Waals surface area contributed by atoms with Crippen LogP contribution in [0.3, 0.4) is 0 Å². The number of aliphatic hydroxyl groups is 1. The van der Waals surface area contributed by atoms with Gasteiger partial charge < -0.3 is 19.8 Å². The number of hydrogen-bond donors (Lipinski definition) is 4. The van der Waals surface area contributed by atoms with E-state index >= 15 is 0 Å². The topological polar surface area (TPSA) is 98.0 Å². The molecule has 4 N–H and O–H groups in total. The molecule has 137 valence electrons. The summed E-state index contributed by atoms with van der Waals surface area (Å²) in [5, 5.41) is 8.64. The van der Waals surface area contributed by atoms with E-state index in [1.54, 1.807) is 0 Å². The Morgan fingerprint density at radius 3 is 1.04 bits per heavy atom. The second kappa shape index (κ2) is 23.7. The molecule has 7 heteroatoms. The predicted octanol–water partition coefficient (Wildman–Crippen LogP) is 4.15. The largest absolute Gasteiger partial charge is 0.466 e. The molecular formula is C16H37KO5P. The SMILES string of the molecule is CCCCCCCCCCCCCCCCO.O=P(O)(O)O.[K]. The third kappa shape index (κ3) is 45.3. The van der Waals surface area contributed by atoms with E-state index in [9.17, 15) is 0 Å². The Balaban J connectivity index is -0.000000578. The molecule has 0 aliphatic rings. The third-order valence-corrected chi connectivity index (χ3v) is 3.51. The Hall–Kier alpha value is 1.71. The molecule has 0 aromatic rings. The molecule has 5 nitrogen and oxygen atoms in total. The molecule has 23 heavy (non-hydrogen) atoms. The van der Waals surface area contributed by atoms with Gasteiger partial charge in [-0.1, -0.05) is 90.4 Å². The van der Waals surface area contributed by atoms with Crippen molar-refractivity contribution < 1.29 is 24.4 Å². The normalized spacial score (nSPS) is 10.7. The van der Waals surface area contributed by atoms with Gasteiger partial charge >= 0.3 is 7.82 Å². The van der Waals surface area contributed by atoms with Crippen molar-refractivity contribution in [1.82, 2.24) is 0 Å². The van der Waals surface area contributed by atoms with Crippen LogP contribution < -0.4 is 0 Å². The molecule has 0 spiro atoms. The summed E-state index contributed by atoms with van der Waals surface area (Å²) in [6.07, 6.45) is 19.2. The summed E-state index contributed by atoms with van der Waals surface area (Å²) in [7, 11) is -4.64. The summed E-state index contributed by atoms with van der Waals surface area (Å²) in [5.74, 6) is 0. The van der Waals surface area contributed by atoms with Crippen LogP contribution in [0, 0.1) is 0 Å². The van der Waals surface area contributed by atoms with Crippen LogP contribution in [0.25, 0.3) is 0 Å². The van der Waals surface area contributed by atoms with E-state index in [0.29, 0.717) is 6.61 Å². The average Bonchev–Trinajstić information content (AvgIpc) is 2.42. The molecule has 0 saturated heterocycles. The molecule has 0 aliphatic heterocycles. The Kier molecular flexibility index (Phi) is 30.4. The fourth-order valence-electron chi connectivity index (χ4n) is 2.31. The summed E-state index contributed by atoms with van der Waals surface area (Å²) in [6, 6.07) is 0. The molecule has 0 amide bonds. The van der Waals surface area contributed by atoms with Crippen molar-refractivity contribution in [3.63, 3.8) is 0 Å². The van der Waals surface area contributed by atoms with Crippen molar-refractivity contribution in [2.75, 3.05) is 6.61 Å². The van der Waals surface area contributed by atoms with Crippen molar-refractivity contribution >= 4 is 59.2 Å². The van der Waals surface area contributed by atoms with E-state index in [1.807, 2.05) is 0 Å². The molecule has 0 heterocycles. The van der Waals surface area contributed by atoms with E-state index < -0.39 is 7.82 Å². The Bertz CT molecular complexity index is 226. The first-order valence-electron chi connectivity index (χ1n) is 8.81. The van der Waals surface area contributed by atoms with Crippen molar-refractivity contribution in [2.45, 2.75) is 96.8 Å². The van der Waals surface area contributed by atoms with Gasteiger partial charge in [0.1, 0.15) is 0 Å². The number of aliphatic hydroxyl groups excluding tert-OH is 1. The molecule has 0 bridgehead atoms. The van der Waals surface area contributed by atoms with E-state index in [0.717, 1.165) is 6.42 Å². The summed E-state index contributed by atoms with van der Waals surface area (Å²) < 4.78 is 8.88. The van der Waals surface area contributed by atoms with E-state index in [2.05, 4.69) is 6.92 Å². The number of phosphoric acid groups is 1. The van der Waals surface area contributed by atoms with E-state index in [4.69, 9.17) is 24.4 Å². The molecule has 0 aliphatic carbocycles. The molecule has 0 aromatic heterocycles. The maximum atomic E-state index is 8.88. The molecular weight excluding hydrogens is 342 g/mol. The summed E-state index contributed by atoms with van der Waals surface area (Å²) in [4.78, 5) is 21.6. The van der Waals surface area contributed by atoms with Crippen molar-refractivity contribution in [3.05, 3.63) is 0 Å². The predicted molar refractivity (Wildman–Crippen MR) is 97.4 cm³/mol. The molecule has 0 fully saturated rings. The van der Waals surface area contributed by atoms with Crippen molar-refractivity contribution in [2.24, 2.45) is 0 Å². The summed E-state index contributed by atoms with van der Waals surface area (Å²) >= 11 is 0. The first kappa shape index (κ1) is 29.5. The van der Waals surface area contributed by atoms with Gasteiger partial charge in [-0.3, -0.25) is 0 Å². The van der Waals surface area contributed by atoms with Gasteiger partial charge in [-0.2, -0.15) is 0 Å². The fraction of sp³-hybridized carbons (Fsp3) is 1.00. The maximum absolute atomic E-state index is 8.88. The zero-order valence-corrected chi connectivity index (χ0v) is 19.3. The first-order valence-corrected chi connectivity index (χ1v) is 10.4. The van der Waals surface area contributed by atoms with Gasteiger partial charge in [0, 0.05) is 58.0 Å². The van der Waals surface area contributed by atoms with Gasteiger partial charge in [0.15, 0.2) is 0 Å². The van der Waals surface area contributed by atoms with Gasteiger partial charge in [0.2, 0.25) is 0 Å². The van der Waals surface area contributed by atoms with E-state index in [1.165, 1.54) is 83.5 Å². The number of hydrogen-bond acceptors (Lipinski definition) is 2.